The monoisotopic (exact) mass is 901 g/mol. The molecule has 0 N–H and O–H groups in total. The Labute approximate surface area is 410 Å². The van der Waals surface area contributed by atoms with Crippen LogP contribution in [0.5, 0.6) is 0 Å². The third kappa shape index (κ3) is 44.7. The predicted molar refractivity (Wildman–Crippen MR) is 297 cm³/mol. The van der Waals surface area contributed by atoms with Gasteiger partial charge in [-0.25, -0.2) is 0 Å². The molecule has 0 radical (unpaired) electrons. The lowest BCUT2D eigenvalue weighted by atomic mass is 10.0. The van der Waals surface area contributed by atoms with Gasteiger partial charge in [0.15, 0.2) is 0 Å². The zero-order valence-electron chi connectivity index (χ0n) is 44.9. The second-order valence-electron chi connectivity index (χ2n) is 21.0. The standard InChI is InChI=1S/C64H118N/c1-4-7-10-13-16-19-22-25-28-31-34-37-40-43-46-49-55-60-65(63-64-58-53-52-54-59-64,61-56-50-47-44-41-38-35-32-29-26-23-20-17-14-11-8-5-2)62-57-51-48-45-42-39-36-33-30-27-24-21-18-15-12-9-6-3/h13-18,52-54,58-59H,4-12,19-51,55-57,60-63H2,1-3H3/q+1/b16-13+,17-14+,18-15+. The summed E-state index contributed by atoms with van der Waals surface area (Å²) in [6.45, 7) is 12.3. The highest BCUT2D eigenvalue weighted by molar-refractivity contribution is 5.13. The number of nitrogens with zero attached hydrogens (tertiary/aromatic N) is 1. The molecule has 0 unspecified atom stereocenters. The van der Waals surface area contributed by atoms with Crippen molar-refractivity contribution in [3.05, 3.63) is 72.4 Å². The number of rotatable bonds is 53. The fourth-order valence-electron chi connectivity index (χ4n) is 10.1. The highest BCUT2D eigenvalue weighted by Crippen LogP contribution is 2.23. The zero-order valence-corrected chi connectivity index (χ0v) is 44.9. The van der Waals surface area contributed by atoms with Crippen LogP contribution in [-0.2, 0) is 6.54 Å². The van der Waals surface area contributed by atoms with Crippen molar-refractivity contribution in [2.24, 2.45) is 0 Å². The van der Waals surface area contributed by atoms with E-state index in [1.165, 1.54) is 320 Å². The Hall–Kier alpha value is -1.60. The molecule has 0 saturated carbocycles. The highest BCUT2D eigenvalue weighted by atomic mass is 15.3. The largest absolute Gasteiger partial charge is 0.320 e. The van der Waals surface area contributed by atoms with E-state index >= 15 is 0 Å². The van der Waals surface area contributed by atoms with E-state index in [0.717, 1.165) is 0 Å². The third-order valence-corrected chi connectivity index (χ3v) is 14.5. The first-order chi connectivity index (χ1) is 32.3. The summed E-state index contributed by atoms with van der Waals surface area (Å²) < 4.78 is 1.35. The van der Waals surface area contributed by atoms with Crippen LogP contribution in [0.2, 0.25) is 0 Å². The Morgan fingerprint density at radius 1 is 0.262 bits per heavy atom. The number of benzene rings is 1. The Morgan fingerprint density at radius 3 is 0.723 bits per heavy atom. The molecule has 0 aliphatic heterocycles. The molecule has 0 bridgehead atoms. The maximum absolute atomic E-state index is 2.43. The van der Waals surface area contributed by atoms with Gasteiger partial charge in [0.05, 0.1) is 19.6 Å². The van der Waals surface area contributed by atoms with Gasteiger partial charge in [-0.05, 0) is 96.3 Å². The zero-order chi connectivity index (χ0) is 46.5. The van der Waals surface area contributed by atoms with E-state index in [1.54, 1.807) is 5.56 Å². The van der Waals surface area contributed by atoms with Crippen molar-refractivity contribution in [2.75, 3.05) is 19.6 Å². The summed E-state index contributed by atoms with van der Waals surface area (Å²) in [6, 6.07) is 11.6. The molecular formula is C64H118N+. The first-order valence-corrected chi connectivity index (χ1v) is 30.1. The van der Waals surface area contributed by atoms with Crippen LogP contribution in [0, 0.1) is 0 Å². The second-order valence-corrected chi connectivity index (χ2v) is 21.0. The van der Waals surface area contributed by atoms with Gasteiger partial charge >= 0.3 is 0 Å². The van der Waals surface area contributed by atoms with Crippen molar-refractivity contribution in [3.8, 4) is 0 Å². The number of allylic oxidation sites excluding steroid dienone is 6. The minimum atomic E-state index is 1.25. The van der Waals surface area contributed by atoms with Crippen molar-refractivity contribution >= 4 is 0 Å². The van der Waals surface area contributed by atoms with Crippen molar-refractivity contribution in [2.45, 2.75) is 316 Å². The number of quaternary nitrogens is 1. The first-order valence-electron chi connectivity index (χ1n) is 30.1. The van der Waals surface area contributed by atoms with Gasteiger partial charge in [0.2, 0.25) is 0 Å². The Bertz CT molecular complexity index is 1010. The molecule has 0 spiro atoms. The summed E-state index contributed by atoms with van der Waals surface area (Å²) in [6.07, 6.45) is 77.8. The molecule has 0 saturated heterocycles. The molecule has 1 heteroatoms. The lowest BCUT2D eigenvalue weighted by Gasteiger charge is -2.39. The third-order valence-electron chi connectivity index (χ3n) is 14.5. The SMILES string of the molecule is CCCC/C=C/CCCCCCCCCCCCC[N+](CCCCCCCCCCCCC/C=C/CCCC)(CCCCCCCCCCCCC/C=C/CCCC)Cc1ccccc1. The van der Waals surface area contributed by atoms with Crippen LogP contribution in [0.3, 0.4) is 0 Å². The highest BCUT2D eigenvalue weighted by Gasteiger charge is 2.26. The van der Waals surface area contributed by atoms with E-state index in [2.05, 4.69) is 87.6 Å². The molecule has 1 rings (SSSR count). The maximum atomic E-state index is 2.43. The van der Waals surface area contributed by atoms with Gasteiger partial charge < -0.3 is 4.48 Å². The molecule has 0 aliphatic rings. The van der Waals surface area contributed by atoms with Crippen molar-refractivity contribution in [1.82, 2.24) is 0 Å². The summed E-state index contributed by atoms with van der Waals surface area (Å²) in [5, 5.41) is 0. The van der Waals surface area contributed by atoms with Crippen LogP contribution >= 0.6 is 0 Å². The summed E-state index contributed by atoms with van der Waals surface area (Å²) in [4.78, 5) is 0. The molecule has 65 heavy (non-hydrogen) atoms. The number of unbranched alkanes of at least 4 members (excludes halogenated alkanes) is 39. The van der Waals surface area contributed by atoms with Crippen molar-refractivity contribution in [1.29, 1.82) is 0 Å². The predicted octanol–water partition coefficient (Wildman–Crippen LogP) is 22.3. The van der Waals surface area contributed by atoms with Gasteiger partial charge in [-0.15, -0.1) is 0 Å². The topological polar surface area (TPSA) is 0 Å². The quantitative estimate of drug-likeness (QED) is 0.0347. The fraction of sp³-hybridized carbons (Fsp3) is 0.812. The summed E-state index contributed by atoms with van der Waals surface area (Å²) in [5.41, 5.74) is 1.57. The minimum absolute atomic E-state index is 1.25. The van der Waals surface area contributed by atoms with E-state index in [4.69, 9.17) is 0 Å². The van der Waals surface area contributed by atoms with Gasteiger partial charge in [0, 0.05) is 5.56 Å². The Morgan fingerprint density at radius 2 is 0.477 bits per heavy atom. The summed E-state index contributed by atoms with van der Waals surface area (Å²) in [7, 11) is 0. The molecule has 0 amide bonds. The molecule has 0 fully saturated rings. The van der Waals surface area contributed by atoms with Gasteiger partial charge in [0.1, 0.15) is 6.54 Å². The molecule has 0 atom stereocenters. The molecule has 0 aliphatic carbocycles. The Kier molecular flexibility index (Phi) is 48.9. The molecule has 0 aromatic heterocycles. The fourth-order valence-corrected chi connectivity index (χ4v) is 10.1. The Balaban J connectivity index is 2.47. The first kappa shape index (κ1) is 61.4. The number of hydrogen-bond donors (Lipinski definition) is 0. The summed E-state index contributed by atoms with van der Waals surface area (Å²) >= 11 is 0. The van der Waals surface area contributed by atoms with Crippen LogP contribution in [0.15, 0.2) is 66.8 Å². The molecule has 1 aromatic rings. The van der Waals surface area contributed by atoms with Gasteiger partial charge in [0.25, 0.3) is 0 Å². The van der Waals surface area contributed by atoms with Gasteiger partial charge in [-0.2, -0.15) is 0 Å². The summed E-state index contributed by atoms with van der Waals surface area (Å²) in [5.74, 6) is 0. The maximum Gasteiger partial charge on any atom is 0.104 e. The van der Waals surface area contributed by atoms with Crippen LogP contribution in [0.4, 0.5) is 0 Å². The molecule has 1 nitrogen and oxygen atoms in total. The van der Waals surface area contributed by atoms with E-state index in [-0.39, 0.29) is 0 Å². The van der Waals surface area contributed by atoms with E-state index < -0.39 is 0 Å². The molecular weight excluding hydrogens is 783 g/mol. The van der Waals surface area contributed by atoms with Gasteiger partial charge in [-0.3, -0.25) is 0 Å². The molecule has 378 valence electrons. The molecule has 0 heterocycles. The average molecular weight is 902 g/mol. The lowest BCUT2D eigenvalue weighted by molar-refractivity contribution is -0.941. The average Bonchev–Trinajstić information content (AvgIpc) is 3.32. The van der Waals surface area contributed by atoms with E-state index in [9.17, 15) is 0 Å². The van der Waals surface area contributed by atoms with Crippen LogP contribution < -0.4 is 0 Å². The number of hydrogen-bond acceptors (Lipinski definition) is 0. The second kappa shape index (κ2) is 51.8. The van der Waals surface area contributed by atoms with Gasteiger partial charge in [-0.1, -0.05) is 280 Å². The normalized spacial score (nSPS) is 12.3. The lowest BCUT2D eigenvalue weighted by Crippen LogP contribution is -2.49. The van der Waals surface area contributed by atoms with Crippen molar-refractivity contribution in [3.63, 3.8) is 0 Å². The van der Waals surface area contributed by atoms with Crippen LogP contribution in [0.25, 0.3) is 0 Å². The smallest absolute Gasteiger partial charge is 0.104 e. The van der Waals surface area contributed by atoms with Crippen LogP contribution in [-0.4, -0.2) is 24.1 Å². The van der Waals surface area contributed by atoms with E-state index in [1.807, 2.05) is 0 Å². The van der Waals surface area contributed by atoms with Crippen LogP contribution in [0.1, 0.15) is 315 Å². The van der Waals surface area contributed by atoms with Crippen molar-refractivity contribution < 1.29 is 4.48 Å². The minimum Gasteiger partial charge on any atom is -0.320 e. The van der Waals surface area contributed by atoms with E-state index in [0.29, 0.717) is 0 Å². The molecule has 1 aromatic carbocycles.